The monoisotopic (exact) mass is 335 g/mol. The third-order valence-electron chi connectivity index (χ3n) is 4.71. The van der Waals surface area contributed by atoms with E-state index in [9.17, 15) is 0 Å². The first-order chi connectivity index (χ1) is 11.6. The summed E-state index contributed by atoms with van der Waals surface area (Å²) in [5.41, 5.74) is 6.36. The zero-order chi connectivity index (χ0) is 18.7. The lowest BCUT2D eigenvalue weighted by atomic mass is 9.72. The SMILES string of the molecule is C=C/C(Nc1ccc(C(C)(C)CC(C)(C)C)cc1)=C1/CCC=CC1=C. The van der Waals surface area contributed by atoms with Gasteiger partial charge in [0.25, 0.3) is 0 Å². The fourth-order valence-electron chi connectivity index (χ4n) is 3.86. The van der Waals surface area contributed by atoms with E-state index in [2.05, 4.69) is 89.5 Å². The third kappa shape index (κ3) is 5.22. The lowest BCUT2D eigenvalue weighted by Gasteiger charge is -2.33. The van der Waals surface area contributed by atoms with E-state index in [1.54, 1.807) is 0 Å². The first kappa shape index (κ1) is 19.3. The highest BCUT2D eigenvalue weighted by Crippen LogP contribution is 2.36. The lowest BCUT2D eigenvalue weighted by molar-refractivity contribution is 0.284. The summed E-state index contributed by atoms with van der Waals surface area (Å²) < 4.78 is 0. The first-order valence-electron chi connectivity index (χ1n) is 9.21. The van der Waals surface area contributed by atoms with E-state index < -0.39 is 0 Å². The molecule has 0 saturated carbocycles. The summed E-state index contributed by atoms with van der Waals surface area (Å²) in [6.45, 7) is 19.7. The van der Waals surface area contributed by atoms with E-state index in [1.165, 1.54) is 11.1 Å². The van der Waals surface area contributed by atoms with Gasteiger partial charge < -0.3 is 5.32 Å². The number of hydrogen-bond donors (Lipinski definition) is 1. The summed E-state index contributed by atoms with van der Waals surface area (Å²) in [5.74, 6) is 0. The summed E-state index contributed by atoms with van der Waals surface area (Å²) in [6, 6.07) is 8.83. The topological polar surface area (TPSA) is 12.0 Å². The van der Waals surface area contributed by atoms with Crippen LogP contribution in [0.15, 0.2) is 72.5 Å². The highest BCUT2D eigenvalue weighted by Gasteiger charge is 2.27. The smallest absolute Gasteiger partial charge is 0.0416 e. The van der Waals surface area contributed by atoms with Crippen LogP contribution in [0.2, 0.25) is 0 Å². The van der Waals surface area contributed by atoms with Crippen molar-refractivity contribution in [3.05, 3.63) is 78.1 Å². The minimum Gasteiger partial charge on any atom is -0.355 e. The third-order valence-corrected chi connectivity index (χ3v) is 4.71. The fraction of sp³-hybridized carbons (Fsp3) is 0.417. The molecule has 0 spiro atoms. The van der Waals surface area contributed by atoms with Gasteiger partial charge >= 0.3 is 0 Å². The minimum absolute atomic E-state index is 0.166. The molecule has 25 heavy (non-hydrogen) atoms. The molecule has 0 fully saturated rings. The van der Waals surface area contributed by atoms with Gasteiger partial charge in [-0.3, -0.25) is 0 Å². The molecule has 0 aliphatic heterocycles. The van der Waals surface area contributed by atoms with Gasteiger partial charge in [0.2, 0.25) is 0 Å². The van der Waals surface area contributed by atoms with E-state index in [4.69, 9.17) is 0 Å². The van der Waals surface area contributed by atoms with Crippen molar-refractivity contribution >= 4 is 5.69 Å². The van der Waals surface area contributed by atoms with Gasteiger partial charge in [0, 0.05) is 11.4 Å². The molecule has 1 aromatic rings. The highest BCUT2D eigenvalue weighted by atomic mass is 14.9. The number of nitrogens with one attached hydrogen (secondary N) is 1. The maximum Gasteiger partial charge on any atom is 0.0416 e. The van der Waals surface area contributed by atoms with Crippen molar-refractivity contribution in [2.24, 2.45) is 5.41 Å². The minimum atomic E-state index is 0.166. The summed E-state index contributed by atoms with van der Waals surface area (Å²) >= 11 is 0. The van der Waals surface area contributed by atoms with Crippen LogP contribution < -0.4 is 5.32 Å². The number of allylic oxidation sites excluding steroid dienone is 5. The van der Waals surface area contributed by atoms with Crippen LogP contribution in [0.5, 0.6) is 0 Å². The number of hydrogen-bond acceptors (Lipinski definition) is 1. The standard InChI is InChI=1S/C24H33N/c1-8-22(21-12-10-9-11-18(21)2)25-20-15-13-19(14-16-20)24(6,7)17-23(3,4)5/h8-9,11,13-16,25H,1-2,10,12,17H2,3-7H3/b22-21+. The second kappa shape index (κ2) is 7.47. The van der Waals surface area contributed by atoms with Crippen LogP contribution in [0.1, 0.15) is 59.4 Å². The Bertz CT molecular complexity index is 691. The largest absolute Gasteiger partial charge is 0.355 e. The van der Waals surface area contributed by atoms with Gasteiger partial charge in [-0.05, 0) is 65.0 Å². The Hall–Kier alpha value is -2.02. The molecule has 1 N–H and O–H groups in total. The Labute approximate surface area is 154 Å². The second-order valence-electron chi connectivity index (χ2n) is 8.89. The average molecular weight is 336 g/mol. The summed E-state index contributed by atoms with van der Waals surface area (Å²) in [5, 5.41) is 3.52. The maximum absolute atomic E-state index is 4.15. The fourth-order valence-corrected chi connectivity index (χ4v) is 3.86. The van der Waals surface area contributed by atoms with Gasteiger partial charge in [-0.1, -0.05) is 72.1 Å². The molecule has 0 amide bonds. The number of anilines is 1. The van der Waals surface area contributed by atoms with Crippen LogP contribution in [0.3, 0.4) is 0 Å². The van der Waals surface area contributed by atoms with Crippen LogP contribution in [0, 0.1) is 5.41 Å². The first-order valence-corrected chi connectivity index (χ1v) is 9.21. The van der Waals surface area contributed by atoms with Crippen molar-refractivity contribution in [3.63, 3.8) is 0 Å². The molecule has 1 aromatic carbocycles. The van der Waals surface area contributed by atoms with Gasteiger partial charge in [0.1, 0.15) is 0 Å². The molecular weight excluding hydrogens is 302 g/mol. The average Bonchev–Trinajstić information content (AvgIpc) is 2.51. The molecule has 0 aromatic heterocycles. The maximum atomic E-state index is 4.15. The van der Waals surface area contributed by atoms with Crippen molar-refractivity contribution in [1.82, 2.24) is 0 Å². The van der Waals surface area contributed by atoms with Crippen molar-refractivity contribution in [2.45, 2.75) is 59.3 Å². The Morgan fingerprint density at radius 1 is 1.12 bits per heavy atom. The van der Waals surface area contributed by atoms with E-state index >= 15 is 0 Å². The van der Waals surface area contributed by atoms with Gasteiger partial charge in [0.15, 0.2) is 0 Å². The molecule has 1 aliphatic rings. The van der Waals surface area contributed by atoms with E-state index in [0.29, 0.717) is 5.41 Å². The molecule has 1 heteroatoms. The second-order valence-corrected chi connectivity index (χ2v) is 8.89. The van der Waals surface area contributed by atoms with Gasteiger partial charge in [0.05, 0.1) is 0 Å². The summed E-state index contributed by atoms with van der Waals surface area (Å²) in [6.07, 6.45) is 9.41. The van der Waals surface area contributed by atoms with Crippen molar-refractivity contribution in [1.29, 1.82) is 0 Å². The quantitative estimate of drug-likeness (QED) is 0.602. The van der Waals surface area contributed by atoms with E-state index in [-0.39, 0.29) is 5.41 Å². The van der Waals surface area contributed by atoms with Crippen LogP contribution >= 0.6 is 0 Å². The Morgan fingerprint density at radius 3 is 2.28 bits per heavy atom. The van der Waals surface area contributed by atoms with E-state index in [0.717, 1.165) is 36.2 Å². The number of rotatable bonds is 5. The molecule has 0 unspecified atom stereocenters. The lowest BCUT2D eigenvalue weighted by Crippen LogP contribution is -2.24. The van der Waals surface area contributed by atoms with Crippen LogP contribution in [-0.4, -0.2) is 0 Å². The Kier molecular flexibility index (Phi) is 5.77. The molecule has 1 nitrogen and oxygen atoms in total. The molecule has 0 radical (unpaired) electrons. The predicted octanol–water partition coefficient (Wildman–Crippen LogP) is 7.16. The van der Waals surface area contributed by atoms with Gasteiger partial charge in [-0.25, -0.2) is 0 Å². The van der Waals surface area contributed by atoms with E-state index in [1.807, 2.05) is 6.08 Å². The molecule has 0 bridgehead atoms. The Balaban J connectivity index is 2.20. The highest BCUT2D eigenvalue weighted by molar-refractivity contribution is 5.57. The van der Waals surface area contributed by atoms with Gasteiger partial charge in [-0.2, -0.15) is 0 Å². The molecule has 2 rings (SSSR count). The molecule has 0 heterocycles. The summed E-state index contributed by atoms with van der Waals surface area (Å²) in [4.78, 5) is 0. The van der Waals surface area contributed by atoms with Gasteiger partial charge in [-0.15, -0.1) is 0 Å². The normalized spacial score (nSPS) is 17.4. The number of benzene rings is 1. The molecule has 0 atom stereocenters. The predicted molar refractivity (Wildman–Crippen MR) is 112 cm³/mol. The summed E-state index contributed by atoms with van der Waals surface area (Å²) in [7, 11) is 0. The van der Waals surface area contributed by atoms with Crippen molar-refractivity contribution in [3.8, 4) is 0 Å². The van der Waals surface area contributed by atoms with Crippen LogP contribution in [0.25, 0.3) is 0 Å². The Morgan fingerprint density at radius 2 is 1.76 bits per heavy atom. The zero-order valence-electron chi connectivity index (χ0n) is 16.6. The van der Waals surface area contributed by atoms with Crippen LogP contribution in [-0.2, 0) is 5.41 Å². The van der Waals surface area contributed by atoms with Crippen LogP contribution in [0.4, 0.5) is 5.69 Å². The molecule has 0 saturated heterocycles. The molecule has 1 aliphatic carbocycles. The molecular formula is C24H33N. The van der Waals surface area contributed by atoms with Crippen molar-refractivity contribution in [2.75, 3.05) is 5.32 Å². The van der Waals surface area contributed by atoms with Crippen molar-refractivity contribution < 1.29 is 0 Å². The molecule has 134 valence electrons. The zero-order valence-corrected chi connectivity index (χ0v) is 16.6.